The Bertz CT molecular complexity index is 732. The van der Waals surface area contributed by atoms with Crippen molar-refractivity contribution < 1.29 is 4.39 Å². The summed E-state index contributed by atoms with van der Waals surface area (Å²) in [6.07, 6.45) is 3.28. The number of pyridine rings is 1. The second-order valence-corrected chi connectivity index (χ2v) is 4.61. The van der Waals surface area contributed by atoms with Crippen molar-refractivity contribution in [3.63, 3.8) is 0 Å². The molecule has 20 heavy (non-hydrogen) atoms. The van der Waals surface area contributed by atoms with Gasteiger partial charge in [0.15, 0.2) is 0 Å². The van der Waals surface area contributed by atoms with Gasteiger partial charge in [0.2, 0.25) is 0 Å². The van der Waals surface area contributed by atoms with Gasteiger partial charge in [0.1, 0.15) is 17.5 Å². The van der Waals surface area contributed by atoms with Crippen molar-refractivity contribution in [2.45, 2.75) is 0 Å². The van der Waals surface area contributed by atoms with Crippen LogP contribution >= 0.6 is 11.6 Å². The van der Waals surface area contributed by atoms with Gasteiger partial charge in [-0.1, -0.05) is 17.7 Å². The second-order valence-electron chi connectivity index (χ2n) is 4.20. The zero-order valence-electron chi connectivity index (χ0n) is 10.3. The molecule has 100 valence electrons. The Hall–Kier alpha value is -2.40. The molecule has 0 fully saturated rings. The van der Waals surface area contributed by atoms with E-state index in [9.17, 15) is 4.39 Å². The quantitative estimate of drug-likeness (QED) is 0.758. The molecule has 2 aromatic heterocycles. The number of hydrogen-bond donors (Lipinski definition) is 2. The monoisotopic (exact) mass is 288 g/mol. The fourth-order valence-electron chi connectivity index (χ4n) is 1.88. The van der Waals surface area contributed by atoms with E-state index in [1.807, 2.05) is 0 Å². The molecule has 0 saturated heterocycles. The first-order valence-corrected chi connectivity index (χ1v) is 6.24. The number of imidazole rings is 1. The third kappa shape index (κ3) is 2.23. The average Bonchev–Trinajstić information content (AvgIpc) is 2.89. The highest BCUT2D eigenvalue weighted by Gasteiger charge is 2.13. The van der Waals surface area contributed by atoms with E-state index in [1.165, 1.54) is 6.07 Å². The van der Waals surface area contributed by atoms with Gasteiger partial charge in [0, 0.05) is 18.0 Å². The third-order valence-corrected chi connectivity index (χ3v) is 3.17. The van der Waals surface area contributed by atoms with E-state index in [4.69, 9.17) is 17.3 Å². The van der Waals surface area contributed by atoms with E-state index < -0.39 is 5.82 Å². The molecule has 3 N–H and O–H groups in total. The third-order valence-electron chi connectivity index (χ3n) is 2.86. The number of benzene rings is 1. The number of aromatic nitrogens is 3. The zero-order chi connectivity index (χ0) is 14.1. The van der Waals surface area contributed by atoms with Crippen molar-refractivity contribution in [1.82, 2.24) is 15.0 Å². The Morgan fingerprint density at radius 1 is 1.20 bits per heavy atom. The first-order chi connectivity index (χ1) is 9.65. The van der Waals surface area contributed by atoms with Crippen LogP contribution in [-0.4, -0.2) is 15.0 Å². The lowest BCUT2D eigenvalue weighted by Crippen LogP contribution is -1.90. The van der Waals surface area contributed by atoms with E-state index in [0.717, 1.165) is 5.56 Å². The number of nitrogens with two attached hydrogens (primary N) is 1. The van der Waals surface area contributed by atoms with Gasteiger partial charge in [-0.05, 0) is 24.3 Å². The van der Waals surface area contributed by atoms with Crippen molar-refractivity contribution >= 4 is 17.4 Å². The molecule has 0 atom stereocenters. The first kappa shape index (κ1) is 12.6. The van der Waals surface area contributed by atoms with Crippen molar-refractivity contribution in [3.8, 4) is 22.6 Å². The van der Waals surface area contributed by atoms with Gasteiger partial charge in [-0.25, -0.2) is 14.4 Å². The van der Waals surface area contributed by atoms with Crippen LogP contribution in [0.15, 0.2) is 42.7 Å². The minimum absolute atomic E-state index is 0.254. The molecule has 0 unspecified atom stereocenters. The summed E-state index contributed by atoms with van der Waals surface area (Å²) in [5.74, 6) is 0.385. The highest BCUT2D eigenvalue weighted by Crippen LogP contribution is 2.29. The van der Waals surface area contributed by atoms with Gasteiger partial charge in [0.05, 0.1) is 16.3 Å². The van der Waals surface area contributed by atoms with Crippen LogP contribution in [0.25, 0.3) is 22.6 Å². The van der Waals surface area contributed by atoms with Crippen molar-refractivity contribution in [2.75, 3.05) is 5.73 Å². The van der Waals surface area contributed by atoms with Crippen LogP contribution < -0.4 is 5.73 Å². The van der Waals surface area contributed by atoms with Crippen LogP contribution in [0.3, 0.4) is 0 Å². The molecule has 2 heterocycles. The highest BCUT2D eigenvalue weighted by atomic mass is 35.5. The lowest BCUT2D eigenvalue weighted by atomic mass is 10.2. The molecule has 4 nitrogen and oxygen atoms in total. The predicted molar refractivity (Wildman–Crippen MR) is 76.6 cm³/mol. The highest BCUT2D eigenvalue weighted by molar-refractivity contribution is 6.33. The van der Waals surface area contributed by atoms with E-state index in [2.05, 4.69) is 15.0 Å². The topological polar surface area (TPSA) is 67.6 Å². The molecule has 0 aliphatic rings. The maximum absolute atomic E-state index is 13.8. The predicted octanol–water partition coefficient (Wildman–Crippen LogP) is 3.51. The summed E-state index contributed by atoms with van der Waals surface area (Å²) in [4.78, 5) is 11.3. The van der Waals surface area contributed by atoms with Crippen LogP contribution in [0.2, 0.25) is 5.02 Å². The molecule has 0 spiro atoms. The van der Waals surface area contributed by atoms with Gasteiger partial charge < -0.3 is 10.7 Å². The Labute approximate surface area is 119 Å². The minimum atomic E-state index is -0.422. The maximum atomic E-state index is 13.8. The van der Waals surface area contributed by atoms with Crippen molar-refractivity contribution in [1.29, 1.82) is 0 Å². The van der Waals surface area contributed by atoms with Crippen LogP contribution in [-0.2, 0) is 0 Å². The molecule has 3 rings (SSSR count). The van der Waals surface area contributed by atoms with Crippen LogP contribution in [0.5, 0.6) is 0 Å². The molecule has 0 amide bonds. The molecule has 0 radical (unpaired) electrons. The molecular formula is C14H10ClFN4. The van der Waals surface area contributed by atoms with E-state index in [1.54, 1.807) is 36.7 Å². The SMILES string of the molecule is Nc1ccc(-c2c[nH]c(-c3c(F)cccc3Cl)n2)cn1. The number of nitrogens with one attached hydrogen (secondary N) is 1. The Morgan fingerprint density at radius 2 is 2.05 bits per heavy atom. The van der Waals surface area contributed by atoms with E-state index >= 15 is 0 Å². The fourth-order valence-corrected chi connectivity index (χ4v) is 2.13. The van der Waals surface area contributed by atoms with Gasteiger partial charge in [-0.2, -0.15) is 0 Å². The minimum Gasteiger partial charge on any atom is -0.384 e. The van der Waals surface area contributed by atoms with Gasteiger partial charge in [0.25, 0.3) is 0 Å². The Kier molecular flexibility index (Phi) is 3.12. The number of rotatable bonds is 2. The van der Waals surface area contributed by atoms with Gasteiger partial charge in [-0.15, -0.1) is 0 Å². The molecule has 0 bridgehead atoms. The molecule has 3 aromatic rings. The Morgan fingerprint density at radius 3 is 2.75 bits per heavy atom. The van der Waals surface area contributed by atoms with Crippen LogP contribution in [0, 0.1) is 5.82 Å². The number of nitrogens with zero attached hydrogens (tertiary/aromatic N) is 2. The smallest absolute Gasteiger partial charge is 0.142 e. The normalized spacial score (nSPS) is 10.7. The molecule has 0 aliphatic heterocycles. The average molecular weight is 289 g/mol. The summed E-state index contributed by atoms with van der Waals surface area (Å²) >= 11 is 6.01. The summed E-state index contributed by atoms with van der Waals surface area (Å²) in [7, 11) is 0. The lowest BCUT2D eigenvalue weighted by molar-refractivity contribution is 0.630. The summed E-state index contributed by atoms with van der Waals surface area (Å²) < 4.78 is 13.8. The van der Waals surface area contributed by atoms with Gasteiger partial charge in [-0.3, -0.25) is 0 Å². The van der Waals surface area contributed by atoms with Gasteiger partial charge >= 0.3 is 0 Å². The van der Waals surface area contributed by atoms with E-state index in [0.29, 0.717) is 22.4 Å². The first-order valence-electron chi connectivity index (χ1n) is 5.87. The Balaban J connectivity index is 2.04. The van der Waals surface area contributed by atoms with Crippen LogP contribution in [0.1, 0.15) is 0 Å². The van der Waals surface area contributed by atoms with Crippen LogP contribution in [0.4, 0.5) is 10.2 Å². The number of nitrogen functional groups attached to an aromatic ring is 1. The zero-order valence-corrected chi connectivity index (χ0v) is 11.0. The standard InChI is InChI=1S/C14H10ClFN4/c15-9-2-1-3-10(16)13(9)14-19-7-11(20-14)8-4-5-12(17)18-6-8/h1-7H,(H2,17,18)(H,19,20). The summed E-state index contributed by atoms with van der Waals surface area (Å²) in [6, 6.07) is 7.99. The molecule has 6 heteroatoms. The van der Waals surface area contributed by atoms with Crippen molar-refractivity contribution in [2.24, 2.45) is 0 Å². The summed E-state index contributed by atoms with van der Waals surface area (Å²) in [5.41, 5.74) is 7.22. The number of halogens is 2. The lowest BCUT2D eigenvalue weighted by Gasteiger charge is -2.01. The second kappa shape index (κ2) is 4.94. The van der Waals surface area contributed by atoms with E-state index in [-0.39, 0.29) is 5.56 Å². The molecule has 1 aromatic carbocycles. The summed E-state index contributed by atoms with van der Waals surface area (Å²) in [5, 5.41) is 0.307. The van der Waals surface area contributed by atoms with Crippen molar-refractivity contribution in [3.05, 3.63) is 53.6 Å². The number of hydrogen-bond acceptors (Lipinski definition) is 3. The maximum Gasteiger partial charge on any atom is 0.142 e. The summed E-state index contributed by atoms with van der Waals surface area (Å²) in [6.45, 7) is 0. The number of H-pyrrole nitrogens is 1. The fraction of sp³-hybridized carbons (Fsp3) is 0. The molecular weight excluding hydrogens is 279 g/mol. The molecule has 0 aliphatic carbocycles. The number of aromatic amines is 1. The number of anilines is 1. The molecule has 0 saturated carbocycles. The largest absolute Gasteiger partial charge is 0.384 e.